The van der Waals surface area contributed by atoms with Crippen LogP contribution in [0.25, 0.3) is 0 Å². The number of benzene rings is 1. The summed E-state index contributed by atoms with van der Waals surface area (Å²) < 4.78 is 5.45. The molecule has 27 heavy (non-hydrogen) atoms. The molecule has 0 saturated heterocycles. The molecule has 2 rings (SSSR count). The molecular formula is C21H31N5O. The van der Waals surface area contributed by atoms with E-state index in [1.165, 1.54) is 0 Å². The fourth-order valence-corrected chi connectivity index (χ4v) is 2.74. The number of nitrogens with zero attached hydrogens (tertiary/aromatic N) is 3. The van der Waals surface area contributed by atoms with Crippen LogP contribution >= 0.6 is 0 Å². The first-order chi connectivity index (χ1) is 13.2. The summed E-state index contributed by atoms with van der Waals surface area (Å²) in [5, 5.41) is 6.69. The van der Waals surface area contributed by atoms with E-state index in [4.69, 9.17) is 9.73 Å². The molecule has 0 fully saturated rings. The first-order valence-electron chi connectivity index (χ1n) is 9.50. The topological polar surface area (TPSA) is 61.8 Å². The van der Waals surface area contributed by atoms with Crippen LogP contribution in [0.15, 0.2) is 53.7 Å². The quantitative estimate of drug-likeness (QED) is 0.382. The molecule has 1 heterocycles. The van der Waals surface area contributed by atoms with Crippen LogP contribution in [-0.2, 0) is 6.54 Å². The van der Waals surface area contributed by atoms with Crippen LogP contribution in [0.4, 0.5) is 5.82 Å². The lowest BCUT2D eigenvalue weighted by molar-refractivity contribution is 0.396. The number of hydrogen-bond acceptors (Lipinski definition) is 4. The van der Waals surface area contributed by atoms with Crippen LogP contribution in [0, 0.1) is 0 Å². The van der Waals surface area contributed by atoms with Gasteiger partial charge >= 0.3 is 0 Å². The van der Waals surface area contributed by atoms with Gasteiger partial charge in [-0.25, -0.2) is 4.98 Å². The molecule has 0 bridgehead atoms. The number of hydrogen-bond donors (Lipinski definition) is 2. The van der Waals surface area contributed by atoms with Crippen LogP contribution < -0.4 is 15.4 Å². The van der Waals surface area contributed by atoms with Gasteiger partial charge in [0.15, 0.2) is 5.96 Å². The van der Waals surface area contributed by atoms with Crippen molar-refractivity contribution in [1.29, 1.82) is 0 Å². The van der Waals surface area contributed by atoms with E-state index in [9.17, 15) is 0 Å². The van der Waals surface area contributed by atoms with Crippen molar-refractivity contribution in [1.82, 2.24) is 15.2 Å². The number of aromatic nitrogens is 1. The summed E-state index contributed by atoms with van der Waals surface area (Å²) in [6.45, 7) is 5.37. The van der Waals surface area contributed by atoms with Crippen LogP contribution in [0.2, 0.25) is 0 Å². The third kappa shape index (κ3) is 7.17. The van der Waals surface area contributed by atoms with E-state index in [0.29, 0.717) is 0 Å². The van der Waals surface area contributed by atoms with Crippen molar-refractivity contribution < 1.29 is 4.74 Å². The number of rotatable bonds is 10. The van der Waals surface area contributed by atoms with Crippen LogP contribution in [0.1, 0.15) is 25.3 Å². The Hall–Kier alpha value is -2.76. The maximum atomic E-state index is 5.45. The molecule has 0 spiro atoms. The van der Waals surface area contributed by atoms with E-state index in [2.05, 4.69) is 40.6 Å². The Morgan fingerprint density at radius 3 is 2.70 bits per heavy atom. The summed E-state index contributed by atoms with van der Waals surface area (Å²) >= 11 is 0. The molecular weight excluding hydrogens is 338 g/mol. The predicted molar refractivity (Wildman–Crippen MR) is 112 cm³/mol. The maximum absolute atomic E-state index is 5.45. The molecule has 0 amide bonds. The van der Waals surface area contributed by atoms with Gasteiger partial charge < -0.3 is 20.3 Å². The van der Waals surface area contributed by atoms with Gasteiger partial charge in [-0.15, -0.1) is 0 Å². The van der Waals surface area contributed by atoms with Crippen molar-refractivity contribution in [3.05, 3.63) is 54.2 Å². The van der Waals surface area contributed by atoms with Gasteiger partial charge in [0.2, 0.25) is 0 Å². The van der Waals surface area contributed by atoms with Crippen LogP contribution in [0.3, 0.4) is 0 Å². The SMILES string of the molecule is CCNC(=NCCCCNc1ccccn1)N(C)Cc1ccccc1OC. The first kappa shape index (κ1) is 20.6. The fraction of sp³-hybridized carbons (Fsp3) is 0.429. The number of para-hydroxylation sites is 1. The summed E-state index contributed by atoms with van der Waals surface area (Å²) in [6, 6.07) is 14.0. The minimum absolute atomic E-state index is 0.747. The standard InChI is InChI=1S/C21H31N5O/c1-4-22-21(26(2)17-18-11-5-6-12-19(18)27-3)25-16-10-9-15-24-20-13-7-8-14-23-20/h5-8,11-14H,4,9-10,15-17H2,1-3H3,(H,22,25)(H,23,24). The Labute approximate surface area is 162 Å². The van der Waals surface area contributed by atoms with Gasteiger partial charge in [0.1, 0.15) is 11.6 Å². The predicted octanol–water partition coefficient (Wildman–Crippen LogP) is 3.38. The van der Waals surface area contributed by atoms with Crippen molar-refractivity contribution in [2.45, 2.75) is 26.3 Å². The Bertz CT molecular complexity index is 690. The number of aliphatic imine (C=N–C) groups is 1. The molecule has 1 aromatic carbocycles. The van der Waals surface area contributed by atoms with E-state index >= 15 is 0 Å². The lowest BCUT2D eigenvalue weighted by Crippen LogP contribution is -2.38. The van der Waals surface area contributed by atoms with Gasteiger partial charge in [-0.2, -0.15) is 0 Å². The van der Waals surface area contributed by atoms with E-state index in [0.717, 1.165) is 62.1 Å². The Kier molecular flexibility index (Phi) is 8.96. The number of nitrogens with one attached hydrogen (secondary N) is 2. The number of methoxy groups -OCH3 is 1. The molecule has 2 N–H and O–H groups in total. The van der Waals surface area contributed by atoms with Crippen molar-refractivity contribution in [3.63, 3.8) is 0 Å². The normalized spacial score (nSPS) is 11.1. The number of ether oxygens (including phenoxy) is 1. The Balaban J connectivity index is 1.80. The zero-order valence-corrected chi connectivity index (χ0v) is 16.6. The van der Waals surface area contributed by atoms with Crippen molar-refractivity contribution >= 4 is 11.8 Å². The van der Waals surface area contributed by atoms with E-state index in [1.807, 2.05) is 36.4 Å². The molecule has 0 aliphatic rings. The Morgan fingerprint density at radius 2 is 1.96 bits per heavy atom. The average Bonchev–Trinajstić information content (AvgIpc) is 2.70. The van der Waals surface area contributed by atoms with Crippen LogP contribution in [-0.4, -0.2) is 49.6 Å². The number of pyridine rings is 1. The zero-order chi connectivity index (χ0) is 19.3. The van der Waals surface area contributed by atoms with E-state index in [-0.39, 0.29) is 0 Å². The third-order valence-electron chi connectivity index (χ3n) is 4.11. The first-order valence-corrected chi connectivity index (χ1v) is 9.50. The summed E-state index contributed by atoms with van der Waals surface area (Å²) in [6.07, 6.45) is 3.87. The zero-order valence-electron chi connectivity index (χ0n) is 16.6. The second-order valence-electron chi connectivity index (χ2n) is 6.25. The second-order valence-corrected chi connectivity index (χ2v) is 6.25. The third-order valence-corrected chi connectivity index (χ3v) is 4.11. The lowest BCUT2D eigenvalue weighted by Gasteiger charge is -2.23. The van der Waals surface area contributed by atoms with E-state index in [1.54, 1.807) is 13.3 Å². The molecule has 2 aromatic rings. The molecule has 146 valence electrons. The molecule has 0 unspecified atom stereocenters. The summed E-state index contributed by atoms with van der Waals surface area (Å²) in [4.78, 5) is 11.1. The largest absolute Gasteiger partial charge is 0.496 e. The minimum Gasteiger partial charge on any atom is -0.496 e. The highest BCUT2D eigenvalue weighted by Gasteiger charge is 2.09. The van der Waals surface area contributed by atoms with Gasteiger partial charge in [0.25, 0.3) is 0 Å². The van der Waals surface area contributed by atoms with Crippen molar-refractivity contribution in [3.8, 4) is 5.75 Å². The van der Waals surface area contributed by atoms with Crippen molar-refractivity contribution in [2.75, 3.05) is 39.1 Å². The minimum atomic E-state index is 0.747. The summed E-state index contributed by atoms with van der Waals surface area (Å²) in [5.41, 5.74) is 1.15. The average molecular weight is 370 g/mol. The summed E-state index contributed by atoms with van der Waals surface area (Å²) in [7, 11) is 3.76. The Morgan fingerprint density at radius 1 is 1.15 bits per heavy atom. The van der Waals surface area contributed by atoms with Gasteiger partial charge in [-0.1, -0.05) is 24.3 Å². The lowest BCUT2D eigenvalue weighted by atomic mass is 10.2. The van der Waals surface area contributed by atoms with Gasteiger partial charge in [0.05, 0.1) is 7.11 Å². The number of anilines is 1. The molecule has 0 aliphatic carbocycles. The number of guanidine groups is 1. The molecule has 0 radical (unpaired) electrons. The van der Waals surface area contributed by atoms with Gasteiger partial charge in [-0.3, -0.25) is 4.99 Å². The highest BCUT2D eigenvalue weighted by molar-refractivity contribution is 5.79. The highest BCUT2D eigenvalue weighted by atomic mass is 16.5. The van der Waals surface area contributed by atoms with Gasteiger partial charge in [-0.05, 0) is 38.0 Å². The van der Waals surface area contributed by atoms with Crippen molar-refractivity contribution in [2.24, 2.45) is 4.99 Å². The highest BCUT2D eigenvalue weighted by Crippen LogP contribution is 2.18. The monoisotopic (exact) mass is 369 g/mol. The molecule has 0 atom stereocenters. The van der Waals surface area contributed by atoms with E-state index < -0.39 is 0 Å². The molecule has 1 aromatic heterocycles. The fourth-order valence-electron chi connectivity index (χ4n) is 2.74. The smallest absolute Gasteiger partial charge is 0.193 e. The molecule has 6 nitrogen and oxygen atoms in total. The molecule has 6 heteroatoms. The van der Waals surface area contributed by atoms with Gasteiger partial charge in [0, 0.05) is 45.0 Å². The molecule has 0 aliphatic heterocycles. The summed E-state index contributed by atoms with van der Waals surface area (Å²) in [5.74, 6) is 2.74. The second kappa shape index (κ2) is 11.8. The molecule has 0 saturated carbocycles. The maximum Gasteiger partial charge on any atom is 0.193 e. The van der Waals surface area contributed by atoms with Crippen LogP contribution in [0.5, 0.6) is 5.75 Å². The number of unbranched alkanes of at least 4 members (excludes halogenated alkanes) is 1.